The number of benzene rings is 1. The van der Waals surface area contributed by atoms with E-state index in [9.17, 15) is 4.79 Å². The van der Waals surface area contributed by atoms with E-state index in [2.05, 4.69) is 24.1 Å². The number of ether oxygens (including phenoxy) is 1. The molecule has 2 N–H and O–H groups in total. The van der Waals surface area contributed by atoms with Gasteiger partial charge in [-0.25, -0.2) is 0 Å². The van der Waals surface area contributed by atoms with Gasteiger partial charge >= 0.3 is 5.97 Å². The van der Waals surface area contributed by atoms with Gasteiger partial charge in [0.05, 0.1) is 18.8 Å². The summed E-state index contributed by atoms with van der Waals surface area (Å²) in [6, 6.07) is 6.02. The Bertz CT molecular complexity index is 431. The monoisotopic (exact) mass is 280 g/mol. The van der Waals surface area contributed by atoms with Crippen molar-refractivity contribution in [3.8, 4) is 5.75 Å². The van der Waals surface area contributed by atoms with Crippen molar-refractivity contribution in [2.24, 2.45) is 0 Å². The summed E-state index contributed by atoms with van der Waals surface area (Å²) in [4.78, 5) is 12.7. The van der Waals surface area contributed by atoms with Crippen molar-refractivity contribution in [1.29, 1.82) is 0 Å². The molecule has 0 saturated carbocycles. The van der Waals surface area contributed by atoms with Crippen molar-refractivity contribution < 1.29 is 14.6 Å². The molecule has 1 aromatic carbocycles. The van der Waals surface area contributed by atoms with Gasteiger partial charge in [-0.2, -0.15) is 0 Å². The van der Waals surface area contributed by atoms with Gasteiger partial charge in [0.2, 0.25) is 0 Å². The molecule has 0 aliphatic rings. The molecule has 0 amide bonds. The molecule has 0 unspecified atom stereocenters. The molecule has 112 valence electrons. The van der Waals surface area contributed by atoms with Gasteiger partial charge in [-0.3, -0.25) is 4.79 Å². The van der Waals surface area contributed by atoms with Gasteiger partial charge in [0.1, 0.15) is 5.75 Å². The fraction of sp³-hybridized carbons (Fsp3) is 0.533. The number of hydrogen-bond acceptors (Lipinski definition) is 4. The molecule has 0 aliphatic carbocycles. The zero-order valence-corrected chi connectivity index (χ0v) is 12.5. The standard InChI is InChI=1S/C15H24N2O3/c1-4-17(5-2)13-8-7-12(9-14(13)20-6-3)10-16-11-15(18)19/h7-9,16H,4-6,10-11H2,1-3H3,(H,18,19). The van der Waals surface area contributed by atoms with Crippen LogP contribution < -0.4 is 15.0 Å². The molecule has 1 aromatic rings. The quantitative estimate of drug-likeness (QED) is 0.725. The molecule has 5 heteroatoms. The van der Waals surface area contributed by atoms with E-state index in [0.29, 0.717) is 13.2 Å². The lowest BCUT2D eigenvalue weighted by atomic mass is 10.1. The lowest BCUT2D eigenvalue weighted by molar-refractivity contribution is -0.135. The largest absolute Gasteiger partial charge is 0.492 e. The van der Waals surface area contributed by atoms with E-state index in [1.54, 1.807) is 0 Å². The van der Waals surface area contributed by atoms with E-state index < -0.39 is 5.97 Å². The molecular weight excluding hydrogens is 256 g/mol. The highest BCUT2D eigenvalue weighted by atomic mass is 16.5. The predicted octanol–water partition coefficient (Wildman–Crippen LogP) is 2.11. The van der Waals surface area contributed by atoms with Crippen LogP contribution in [-0.4, -0.2) is 37.3 Å². The van der Waals surface area contributed by atoms with E-state index in [1.165, 1.54) is 0 Å². The van der Waals surface area contributed by atoms with E-state index in [0.717, 1.165) is 30.1 Å². The summed E-state index contributed by atoms with van der Waals surface area (Å²) in [6.45, 7) is 9.12. The fourth-order valence-corrected chi connectivity index (χ4v) is 2.08. The average molecular weight is 280 g/mol. The van der Waals surface area contributed by atoms with Crippen LogP contribution in [0.25, 0.3) is 0 Å². The van der Waals surface area contributed by atoms with Crippen LogP contribution in [0.2, 0.25) is 0 Å². The number of nitrogens with zero attached hydrogens (tertiary/aromatic N) is 1. The lowest BCUT2D eigenvalue weighted by Crippen LogP contribution is -2.23. The Morgan fingerprint density at radius 1 is 1.30 bits per heavy atom. The molecular formula is C15H24N2O3. The lowest BCUT2D eigenvalue weighted by Gasteiger charge is -2.24. The van der Waals surface area contributed by atoms with E-state index in [4.69, 9.17) is 9.84 Å². The minimum Gasteiger partial charge on any atom is -0.492 e. The number of carboxylic acid groups (broad SMARTS) is 1. The summed E-state index contributed by atoms with van der Waals surface area (Å²) >= 11 is 0. The molecule has 0 saturated heterocycles. The molecule has 20 heavy (non-hydrogen) atoms. The first kappa shape index (κ1) is 16.3. The number of carbonyl (C=O) groups is 1. The molecule has 0 radical (unpaired) electrons. The van der Waals surface area contributed by atoms with Crippen LogP contribution in [0.5, 0.6) is 5.75 Å². The Balaban J connectivity index is 2.85. The Labute approximate surface area is 120 Å². The van der Waals surface area contributed by atoms with Crippen LogP contribution in [0.4, 0.5) is 5.69 Å². The molecule has 0 bridgehead atoms. The van der Waals surface area contributed by atoms with Crippen molar-refractivity contribution in [1.82, 2.24) is 5.32 Å². The minimum atomic E-state index is -0.852. The third kappa shape index (κ3) is 4.74. The average Bonchev–Trinajstić information content (AvgIpc) is 2.42. The maximum atomic E-state index is 10.5. The predicted molar refractivity (Wildman–Crippen MR) is 80.5 cm³/mol. The number of aliphatic carboxylic acids is 1. The Morgan fingerprint density at radius 3 is 2.55 bits per heavy atom. The first-order valence-corrected chi connectivity index (χ1v) is 7.05. The number of hydrogen-bond donors (Lipinski definition) is 2. The second-order valence-corrected chi connectivity index (χ2v) is 4.40. The van der Waals surface area contributed by atoms with Gasteiger partial charge in [-0.1, -0.05) is 6.07 Å². The molecule has 0 heterocycles. The molecule has 0 atom stereocenters. The first-order valence-electron chi connectivity index (χ1n) is 7.05. The highest BCUT2D eigenvalue weighted by Crippen LogP contribution is 2.29. The van der Waals surface area contributed by atoms with Crippen LogP contribution in [0.15, 0.2) is 18.2 Å². The second-order valence-electron chi connectivity index (χ2n) is 4.40. The van der Waals surface area contributed by atoms with Gasteiger partial charge in [0, 0.05) is 19.6 Å². The third-order valence-corrected chi connectivity index (χ3v) is 3.03. The van der Waals surface area contributed by atoms with Gasteiger partial charge < -0.3 is 20.1 Å². The summed E-state index contributed by atoms with van der Waals surface area (Å²) < 4.78 is 5.70. The van der Waals surface area contributed by atoms with Crippen LogP contribution >= 0.6 is 0 Å². The molecule has 1 rings (SSSR count). The molecule has 0 fully saturated rings. The van der Waals surface area contributed by atoms with Crippen molar-refractivity contribution in [2.75, 3.05) is 31.1 Å². The Kier molecular flexibility index (Phi) is 6.87. The second kappa shape index (κ2) is 8.43. The van der Waals surface area contributed by atoms with Crippen molar-refractivity contribution in [3.05, 3.63) is 23.8 Å². The SMILES string of the molecule is CCOc1cc(CNCC(=O)O)ccc1N(CC)CC. The van der Waals surface area contributed by atoms with Crippen LogP contribution in [0.3, 0.4) is 0 Å². The third-order valence-electron chi connectivity index (χ3n) is 3.03. The zero-order chi connectivity index (χ0) is 15.0. The Morgan fingerprint density at radius 2 is 2.00 bits per heavy atom. The number of rotatable bonds is 9. The van der Waals surface area contributed by atoms with Crippen LogP contribution in [0, 0.1) is 0 Å². The fourth-order valence-electron chi connectivity index (χ4n) is 2.08. The van der Waals surface area contributed by atoms with Crippen molar-refractivity contribution >= 4 is 11.7 Å². The smallest absolute Gasteiger partial charge is 0.317 e. The van der Waals surface area contributed by atoms with Gasteiger partial charge in [-0.05, 0) is 38.5 Å². The van der Waals surface area contributed by atoms with Crippen LogP contribution in [0.1, 0.15) is 26.3 Å². The van der Waals surface area contributed by atoms with Gasteiger partial charge in [0.25, 0.3) is 0 Å². The molecule has 0 aliphatic heterocycles. The van der Waals surface area contributed by atoms with Crippen molar-refractivity contribution in [3.63, 3.8) is 0 Å². The minimum absolute atomic E-state index is 0.0399. The number of nitrogens with one attached hydrogen (secondary N) is 1. The summed E-state index contributed by atoms with van der Waals surface area (Å²) in [5.74, 6) is 0.000572. The number of carboxylic acids is 1. The summed E-state index contributed by atoms with van der Waals surface area (Å²) in [5.41, 5.74) is 2.10. The first-order chi connectivity index (χ1) is 9.62. The van der Waals surface area contributed by atoms with E-state index >= 15 is 0 Å². The zero-order valence-electron chi connectivity index (χ0n) is 12.5. The maximum absolute atomic E-state index is 10.5. The van der Waals surface area contributed by atoms with Crippen molar-refractivity contribution in [2.45, 2.75) is 27.3 Å². The summed E-state index contributed by atoms with van der Waals surface area (Å²) in [5, 5.41) is 11.5. The van der Waals surface area contributed by atoms with E-state index in [1.807, 2.05) is 25.1 Å². The van der Waals surface area contributed by atoms with Gasteiger partial charge in [0.15, 0.2) is 0 Å². The number of anilines is 1. The topological polar surface area (TPSA) is 61.8 Å². The van der Waals surface area contributed by atoms with Crippen LogP contribution in [-0.2, 0) is 11.3 Å². The highest BCUT2D eigenvalue weighted by Gasteiger charge is 2.10. The highest BCUT2D eigenvalue weighted by molar-refractivity contribution is 5.69. The molecule has 0 aromatic heterocycles. The molecule has 0 spiro atoms. The summed E-state index contributed by atoms with van der Waals surface area (Å²) in [6.07, 6.45) is 0. The summed E-state index contributed by atoms with van der Waals surface area (Å²) in [7, 11) is 0. The molecule has 5 nitrogen and oxygen atoms in total. The maximum Gasteiger partial charge on any atom is 0.317 e. The Hall–Kier alpha value is -1.75. The van der Waals surface area contributed by atoms with Gasteiger partial charge in [-0.15, -0.1) is 0 Å². The van der Waals surface area contributed by atoms with E-state index in [-0.39, 0.29) is 6.54 Å². The normalized spacial score (nSPS) is 10.3.